The minimum absolute atomic E-state index is 0.127. The number of nitrogens with zero attached hydrogens (tertiary/aromatic N) is 5. The van der Waals surface area contributed by atoms with Gasteiger partial charge in [-0.15, -0.1) is 5.10 Å². The van der Waals surface area contributed by atoms with Crippen molar-refractivity contribution in [2.75, 3.05) is 18.4 Å². The van der Waals surface area contributed by atoms with Crippen LogP contribution in [0.2, 0.25) is 5.02 Å². The van der Waals surface area contributed by atoms with E-state index >= 15 is 0 Å². The average molecular weight is 475 g/mol. The highest BCUT2D eigenvalue weighted by atomic mass is 35.5. The molecule has 32 heavy (non-hydrogen) atoms. The van der Waals surface area contributed by atoms with Crippen molar-refractivity contribution in [3.63, 3.8) is 0 Å². The van der Waals surface area contributed by atoms with Gasteiger partial charge in [-0.05, 0) is 78.6 Å². The predicted molar refractivity (Wildman–Crippen MR) is 120 cm³/mol. The summed E-state index contributed by atoms with van der Waals surface area (Å²) in [5.41, 5.74) is 2.95. The summed E-state index contributed by atoms with van der Waals surface area (Å²) in [5.74, 6) is -0.653. The summed E-state index contributed by atoms with van der Waals surface area (Å²) >= 11 is 6.03. The molecule has 2 aromatic carbocycles. The highest BCUT2D eigenvalue weighted by Gasteiger charge is 2.34. The minimum Gasteiger partial charge on any atom is -0.326 e. The summed E-state index contributed by atoms with van der Waals surface area (Å²) in [5, 5.41) is 14.4. The van der Waals surface area contributed by atoms with E-state index in [0.29, 0.717) is 35.7 Å². The van der Waals surface area contributed by atoms with Crippen LogP contribution in [0.5, 0.6) is 0 Å². The number of nitrogens with one attached hydrogen (secondary N) is 1. The lowest BCUT2D eigenvalue weighted by atomic mass is 9.98. The van der Waals surface area contributed by atoms with Gasteiger partial charge >= 0.3 is 0 Å². The van der Waals surface area contributed by atoms with Crippen LogP contribution >= 0.6 is 11.6 Å². The minimum atomic E-state index is -3.74. The summed E-state index contributed by atoms with van der Waals surface area (Å²) in [4.78, 5) is 13.1. The molecular weight excluding hydrogens is 452 g/mol. The monoisotopic (exact) mass is 474 g/mol. The molecule has 1 saturated heterocycles. The maximum atomic E-state index is 13.2. The van der Waals surface area contributed by atoms with E-state index in [-0.39, 0.29) is 17.3 Å². The number of piperidine rings is 1. The molecule has 1 atom stereocenters. The summed E-state index contributed by atoms with van der Waals surface area (Å²) < 4.78 is 29.3. The van der Waals surface area contributed by atoms with E-state index in [1.807, 2.05) is 19.1 Å². The van der Waals surface area contributed by atoms with Crippen molar-refractivity contribution < 1.29 is 13.2 Å². The van der Waals surface area contributed by atoms with Gasteiger partial charge in [-0.3, -0.25) is 4.79 Å². The fourth-order valence-corrected chi connectivity index (χ4v) is 5.88. The fourth-order valence-electron chi connectivity index (χ4n) is 3.87. The summed E-state index contributed by atoms with van der Waals surface area (Å²) in [7, 11) is -3.74. The molecule has 0 aliphatic carbocycles. The summed E-state index contributed by atoms with van der Waals surface area (Å²) in [6.07, 6.45) is 2.72. The standard InChI is InChI=1S/C21H23ClN6O3S/c1-14-5-6-17(22)11-20(14)32(30,31)27-9-3-4-16(12-27)21(29)24-18-7-8-19(15(2)10-18)28-13-23-25-26-28/h5-8,10-11,13,16H,3-4,9,12H2,1-2H3,(H,24,29)/t16-/m0/s1. The highest BCUT2D eigenvalue weighted by Crippen LogP contribution is 2.28. The van der Waals surface area contributed by atoms with Crippen LogP contribution in [0.4, 0.5) is 5.69 Å². The number of hydrogen-bond donors (Lipinski definition) is 1. The zero-order chi connectivity index (χ0) is 22.9. The third-order valence-electron chi connectivity index (χ3n) is 5.58. The van der Waals surface area contributed by atoms with Gasteiger partial charge in [0, 0.05) is 23.8 Å². The van der Waals surface area contributed by atoms with Gasteiger partial charge < -0.3 is 5.32 Å². The van der Waals surface area contributed by atoms with Crippen molar-refractivity contribution in [1.29, 1.82) is 0 Å². The molecule has 1 N–H and O–H groups in total. The molecule has 0 saturated carbocycles. The summed E-state index contributed by atoms with van der Waals surface area (Å²) in [6.45, 7) is 4.13. The first kappa shape index (κ1) is 22.4. The van der Waals surface area contributed by atoms with Crippen LogP contribution in [0, 0.1) is 19.8 Å². The number of sulfonamides is 1. The molecule has 1 aromatic heterocycles. The Labute approximate surface area is 191 Å². The van der Waals surface area contributed by atoms with Gasteiger partial charge in [0.05, 0.1) is 16.5 Å². The lowest BCUT2D eigenvalue weighted by molar-refractivity contribution is -0.120. The van der Waals surface area contributed by atoms with E-state index in [4.69, 9.17) is 11.6 Å². The maximum absolute atomic E-state index is 13.2. The van der Waals surface area contributed by atoms with Crippen molar-refractivity contribution in [1.82, 2.24) is 24.5 Å². The quantitative estimate of drug-likeness (QED) is 0.608. The largest absolute Gasteiger partial charge is 0.326 e. The van der Waals surface area contributed by atoms with Crippen LogP contribution in [0.1, 0.15) is 24.0 Å². The number of tetrazole rings is 1. The first-order valence-corrected chi connectivity index (χ1v) is 12.0. The third-order valence-corrected chi connectivity index (χ3v) is 7.83. The number of carbonyl (C=O) groups is 1. The maximum Gasteiger partial charge on any atom is 0.243 e. The third kappa shape index (κ3) is 4.52. The number of amides is 1. The second-order valence-corrected chi connectivity index (χ2v) is 10.2. The van der Waals surface area contributed by atoms with Gasteiger partial charge in [0.1, 0.15) is 6.33 Å². The van der Waals surface area contributed by atoms with Gasteiger partial charge in [0.2, 0.25) is 15.9 Å². The zero-order valence-corrected chi connectivity index (χ0v) is 19.3. The molecule has 2 heterocycles. The van der Waals surface area contributed by atoms with Gasteiger partial charge in [-0.25, -0.2) is 13.1 Å². The smallest absolute Gasteiger partial charge is 0.243 e. The Kier molecular flexibility index (Phi) is 6.27. The average Bonchev–Trinajstić information content (AvgIpc) is 3.30. The van der Waals surface area contributed by atoms with Crippen molar-refractivity contribution >= 4 is 33.2 Å². The van der Waals surface area contributed by atoms with Crippen LogP contribution in [0.25, 0.3) is 5.69 Å². The summed E-state index contributed by atoms with van der Waals surface area (Å²) in [6, 6.07) is 10.2. The number of anilines is 1. The first-order valence-electron chi connectivity index (χ1n) is 10.2. The molecule has 1 fully saturated rings. The molecule has 0 spiro atoms. The van der Waals surface area contributed by atoms with Crippen molar-refractivity contribution in [2.45, 2.75) is 31.6 Å². The van der Waals surface area contributed by atoms with Crippen LogP contribution < -0.4 is 5.32 Å². The number of hydrogen-bond acceptors (Lipinski definition) is 6. The Bertz CT molecular complexity index is 1250. The van der Waals surface area contributed by atoms with Crippen LogP contribution in [-0.2, 0) is 14.8 Å². The molecule has 4 rings (SSSR count). The van der Waals surface area contributed by atoms with Crippen LogP contribution in [0.3, 0.4) is 0 Å². The lowest BCUT2D eigenvalue weighted by Crippen LogP contribution is -2.43. The number of benzene rings is 2. The first-order chi connectivity index (χ1) is 15.3. The second-order valence-electron chi connectivity index (χ2n) is 7.86. The van der Waals surface area contributed by atoms with E-state index in [1.165, 1.54) is 16.7 Å². The molecule has 1 aliphatic heterocycles. The van der Waals surface area contributed by atoms with E-state index in [2.05, 4.69) is 20.8 Å². The molecule has 11 heteroatoms. The normalized spacial score (nSPS) is 17.3. The van der Waals surface area contributed by atoms with Crippen LogP contribution in [-0.4, -0.2) is 51.9 Å². The molecule has 0 radical (unpaired) electrons. The number of aromatic nitrogens is 4. The Morgan fingerprint density at radius 1 is 1.16 bits per heavy atom. The molecular formula is C21H23ClN6O3S. The van der Waals surface area contributed by atoms with Crippen molar-refractivity contribution in [3.8, 4) is 5.69 Å². The number of aryl methyl sites for hydroxylation is 2. The lowest BCUT2D eigenvalue weighted by Gasteiger charge is -2.31. The molecule has 1 amide bonds. The highest BCUT2D eigenvalue weighted by molar-refractivity contribution is 7.89. The zero-order valence-electron chi connectivity index (χ0n) is 17.7. The predicted octanol–water partition coefficient (Wildman–Crippen LogP) is 2.97. The Hall–Kier alpha value is -2.82. The van der Waals surface area contributed by atoms with E-state index < -0.39 is 15.9 Å². The molecule has 9 nitrogen and oxygen atoms in total. The van der Waals surface area contributed by atoms with Crippen molar-refractivity contribution in [2.24, 2.45) is 5.92 Å². The van der Waals surface area contributed by atoms with E-state index in [9.17, 15) is 13.2 Å². The van der Waals surface area contributed by atoms with Gasteiger partial charge in [0.15, 0.2) is 0 Å². The number of carbonyl (C=O) groups excluding carboxylic acids is 1. The molecule has 1 aliphatic rings. The SMILES string of the molecule is Cc1cc(NC(=O)[C@H]2CCCN(S(=O)(=O)c3cc(Cl)ccc3C)C2)ccc1-n1cnnn1. The Morgan fingerprint density at radius 2 is 1.97 bits per heavy atom. The molecule has 3 aromatic rings. The van der Waals surface area contributed by atoms with Crippen LogP contribution in [0.15, 0.2) is 47.6 Å². The number of rotatable bonds is 5. The second kappa shape index (κ2) is 8.97. The Balaban J connectivity index is 1.48. The molecule has 0 unspecified atom stereocenters. The van der Waals surface area contributed by atoms with Gasteiger partial charge in [-0.1, -0.05) is 17.7 Å². The Morgan fingerprint density at radius 3 is 2.69 bits per heavy atom. The fraction of sp³-hybridized carbons (Fsp3) is 0.333. The van der Waals surface area contributed by atoms with E-state index in [1.54, 1.807) is 29.8 Å². The molecule has 168 valence electrons. The topological polar surface area (TPSA) is 110 Å². The van der Waals surface area contributed by atoms with Crippen molar-refractivity contribution in [3.05, 3.63) is 58.9 Å². The number of halogens is 1. The van der Waals surface area contributed by atoms with Gasteiger partial charge in [-0.2, -0.15) is 4.31 Å². The van der Waals surface area contributed by atoms with Gasteiger partial charge in [0.25, 0.3) is 0 Å². The van der Waals surface area contributed by atoms with E-state index in [0.717, 1.165) is 11.3 Å². The molecule has 0 bridgehead atoms.